The van der Waals surface area contributed by atoms with Crippen LogP contribution in [-0.4, -0.2) is 39.9 Å². The van der Waals surface area contributed by atoms with Gasteiger partial charge in [0.15, 0.2) is 0 Å². The number of nitrogens with two attached hydrogens (primary N) is 1. The number of hydrogen-bond donors (Lipinski definition) is 1. The van der Waals surface area contributed by atoms with Gasteiger partial charge >= 0.3 is 23.1 Å². The summed E-state index contributed by atoms with van der Waals surface area (Å²) in [7, 11) is -0.942. The normalized spacial score (nSPS) is 11.6. The summed E-state index contributed by atoms with van der Waals surface area (Å²) in [6, 6.07) is 10.3. The van der Waals surface area contributed by atoms with Gasteiger partial charge in [0.1, 0.15) is 4.32 Å². The second-order valence-corrected chi connectivity index (χ2v) is 7.99. The van der Waals surface area contributed by atoms with Gasteiger partial charge in [0.25, 0.3) is 0 Å². The van der Waals surface area contributed by atoms with E-state index in [1.165, 1.54) is 5.56 Å². The fourth-order valence-electron chi connectivity index (χ4n) is 1.06. The molecular weight excluding hydrogens is 223 g/mol. The fraction of sp³-hybridized carbons (Fsp3) is 0.300. The molecule has 0 saturated heterocycles. The van der Waals surface area contributed by atoms with Crippen molar-refractivity contribution in [2.24, 2.45) is 5.73 Å². The smallest absolute Gasteiger partial charge is 1.00 e. The standard InChI is InChI=1S/C10H15NS2.Mg.2H/c1-13(2,10(11)12)8-9-6-4-3-5-7-9;;;/h3-7H,8H2,1-2H3,(H2,11,12);;;/q;+2;2*-1. The zero-order valence-electron chi connectivity index (χ0n) is 10.7. The quantitative estimate of drug-likeness (QED) is 0.633. The Labute approximate surface area is 112 Å². The summed E-state index contributed by atoms with van der Waals surface area (Å²) in [5.41, 5.74) is 7.00. The van der Waals surface area contributed by atoms with Crippen molar-refractivity contribution in [2.75, 3.05) is 12.5 Å². The van der Waals surface area contributed by atoms with E-state index < -0.39 is 10.0 Å². The molecule has 0 aliphatic rings. The Morgan fingerprint density at radius 3 is 2.29 bits per heavy atom. The van der Waals surface area contributed by atoms with E-state index >= 15 is 0 Å². The summed E-state index contributed by atoms with van der Waals surface area (Å²) < 4.78 is 0.663. The summed E-state index contributed by atoms with van der Waals surface area (Å²) in [4.78, 5) is 0. The zero-order chi connectivity index (χ0) is 9.90. The Balaban J connectivity index is -0.000000563. The molecule has 1 aromatic rings. The van der Waals surface area contributed by atoms with Crippen molar-refractivity contribution in [2.45, 2.75) is 5.75 Å². The van der Waals surface area contributed by atoms with Gasteiger partial charge in [-0.3, -0.25) is 0 Å². The number of benzene rings is 1. The van der Waals surface area contributed by atoms with Crippen LogP contribution in [0.4, 0.5) is 0 Å². The minimum absolute atomic E-state index is 0. The van der Waals surface area contributed by atoms with Gasteiger partial charge in [-0.2, -0.15) is 10.0 Å². The Bertz CT molecular complexity index is 307. The van der Waals surface area contributed by atoms with Gasteiger partial charge in [-0.25, -0.2) is 0 Å². The molecule has 0 unspecified atom stereocenters. The monoisotopic (exact) mass is 239 g/mol. The van der Waals surface area contributed by atoms with Crippen LogP contribution >= 0.6 is 22.2 Å². The molecule has 1 aromatic carbocycles. The second kappa shape index (κ2) is 5.95. The first-order valence-corrected chi connectivity index (χ1v) is 7.09. The van der Waals surface area contributed by atoms with E-state index in [0.717, 1.165) is 5.75 Å². The second-order valence-electron chi connectivity index (χ2n) is 3.49. The van der Waals surface area contributed by atoms with Crippen LogP contribution in [0.2, 0.25) is 0 Å². The molecule has 1 rings (SSSR count). The summed E-state index contributed by atoms with van der Waals surface area (Å²) in [5.74, 6) is 0.989. The molecule has 2 N–H and O–H groups in total. The molecule has 0 saturated carbocycles. The molecule has 0 bridgehead atoms. The van der Waals surface area contributed by atoms with Crippen LogP contribution in [0.5, 0.6) is 0 Å². The largest absolute Gasteiger partial charge is 2.00 e. The summed E-state index contributed by atoms with van der Waals surface area (Å²) in [5, 5.41) is 0. The molecule has 0 aliphatic heterocycles. The van der Waals surface area contributed by atoms with Crippen LogP contribution in [0.15, 0.2) is 30.3 Å². The first-order valence-electron chi connectivity index (χ1n) is 4.07. The van der Waals surface area contributed by atoms with Crippen LogP contribution in [0.1, 0.15) is 8.42 Å². The Morgan fingerprint density at radius 1 is 1.36 bits per heavy atom. The molecule has 76 valence electrons. The molecule has 0 radical (unpaired) electrons. The summed E-state index contributed by atoms with van der Waals surface area (Å²) in [6.07, 6.45) is 4.31. The molecule has 0 aliphatic carbocycles. The van der Waals surface area contributed by atoms with E-state index in [2.05, 4.69) is 24.6 Å². The molecule has 0 aromatic heterocycles. The van der Waals surface area contributed by atoms with Crippen molar-refractivity contribution in [1.29, 1.82) is 0 Å². The molecule has 4 heteroatoms. The van der Waals surface area contributed by atoms with Crippen molar-refractivity contribution < 1.29 is 2.85 Å². The molecule has 0 spiro atoms. The van der Waals surface area contributed by atoms with Gasteiger partial charge in [-0.1, -0.05) is 42.5 Å². The molecule has 0 amide bonds. The fourth-order valence-corrected chi connectivity index (χ4v) is 2.41. The van der Waals surface area contributed by atoms with Gasteiger partial charge in [-0.15, -0.1) is 0 Å². The maximum absolute atomic E-state index is 5.69. The van der Waals surface area contributed by atoms with Crippen molar-refractivity contribution in [3.05, 3.63) is 35.9 Å². The van der Waals surface area contributed by atoms with Crippen LogP contribution in [-0.2, 0) is 5.75 Å². The molecule has 0 atom stereocenters. The van der Waals surface area contributed by atoms with Crippen LogP contribution in [0.25, 0.3) is 0 Å². The number of rotatable bonds is 2. The van der Waals surface area contributed by atoms with Gasteiger partial charge in [-0.05, 0) is 18.1 Å². The number of thiocarbonyl (C=S) groups is 1. The first kappa shape index (κ1) is 14.2. The van der Waals surface area contributed by atoms with E-state index in [1.807, 2.05) is 18.2 Å². The van der Waals surface area contributed by atoms with Crippen LogP contribution < -0.4 is 5.73 Å². The third kappa shape index (κ3) is 4.17. The minimum atomic E-state index is -0.942. The first-order chi connectivity index (χ1) is 6.02. The Hall–Kier alpha value is 0.226. The van der Waals surface area contributed by atoms with E-state index in [1.54, 1.807) is 0 Å². The van der Waals surface area contributed by atoms with Crippen LogP contribution in [0, 0.1) is 0 Å². The zero-order valence-corrected chi connectivity index (χ0v) is 11.7. The number of hydrogen-bond acceptors (Lipinski definition) is 1. The van der Waals surface area contributed by atoms with E-state index in [4.69, 9.17) is 18.0 Å². The average Bonchev–Trinajstić information content (AvgIpc) is 2.05. The molecular formula is C10H17MgNS2. The van der Waals surface area contributed by atoms with Gasteiger partial charge < -0.3 is 8.59 Å². The Morgan fingerprint density at radius 2 is 1.86 bits per heavy atom. The molecule has 0 fully saturated rings. The summed E-state index contributed by atoms with van der Waals surface area (Å²) in [6.45, 7) is 0. The minimum Gasteiger partial charge on any atom is -1.00 e. The average molecular weight is 240 g/mol. The predicted octanol–water partition coefficient (Wildman–Crippen LogP) is 2.34. The Kier molecular flexibility index (Phi) is 6.05. The van der Waals surface area contributed by atoms with Crippen molar-refractivity contribution in [1.82, 2.24) is 0 Å². The van der Waals surface area contributed by atoms with Crippen molar-refractivity contribution >= 4 is 49.6 Å². The van der Waals surface area contributed by atoms with E-state index in [-0.39, 0.29) is 25.9 Å². The molecule has 14 heavy (non-hydrogen) atoms. The summed E-state index contributed by atoms with van der Waals surface area (Å²) >= 11 is 5.05. The van der Waals surface area contributed by atoms with Gasteiger partial charge in [0.05, 0.1) is 0 Å². The van der Waals surface area contributed by atoms with Crippen molar-refractivity contribution in [3.63, 3.8) is 0 Å². The van der Waals surface area contributed by atoms with E-state index in [9.17, 15) is 0 Å². The third-order valence-electron chi connectivity index (χ3n) is 1.91. The predicted molar refractivity (Wildman–Crippen MR) is 74.3 cm³/mol. The maximum atomic E-state index is 5.69. The SMILES string of the molecule is CS(C)(Cc1ccccc1)C(N)=S.[H-].[H-].[Mg+2]. The maximum Gasteiger partial charge on any atom is 2.00 e. The van der Waals surface area contributed by atoms with Gasteiger partial charge in [0, 0.05) is 5.75 Å². The van der Waals surface area contributed by atoms with Crippen molar-refractivity contribution in [3.8, 4) is 0 Å². The molecule has 1 nitrogen and oxygen atoms in total. The topological polar surface area (TPSA) is 26.0 Å². The third-order valence-corrected chi connectivity index (χ3v) is 5.41. The van der Waals surface area contributed by atoms with E-state index in [0.29, 0.717) is 4.32 Å². The molecule has 0 heterocycles. The van der Waals surface area contributed by atoms with Gasteiger partial charge in [0.2, 0.25) is 0 Å². The van der Waals surface area contributed by atoms with Crippen LogP contribution in [0.3, 0.4) is 0 Å².